The van der Waals surface area contributed by atoms with Gasteiger partial charge in [-0.2, -0.15) is 0 Å². The Bertz CT molecular complexity index is 175. The Labute approximate surface area is 100 Å². The molecule has 0 bridgehead atoms. The molecule has 1 unspecified atom stereocenters. The first-order valence-corrected chi connectivity index (χ1v) is 6.73. The molecule has 0 aliphatic carbocycles. The summed E-state index contributed by atoms with van der Waals surface area (Å²) in [5, 5.41) is 8.72. The molecule has 0 aromatic heterocycles. The van der Waals surface area contributed by atoms with E-state index in [9.17, 15) is 0 Å². The lowest BCUT2D eigenvalue weighted by Gasteiger charge is -2.33. The van der Waals surface area contributed by atoms with Crippen molar-refractivity contribution >= 4 is 0 Å². The fourth-order valence-corrected chi connectivity index (χ4v) is 2.48. The summed E-state index contributed by atoms with van der Waals surface area (Å²) in [6.45, 7) is 3.93. The van der Waals surface area contributed by atoms with Gasteiger partial charge in [0.2, 0.25) is 0 Å². The van der Waals surface area contributed by atoms with Gasteiger partial charge in [0.15, 0.2) is 0 Å². The van der Waals surface area contributed by atoms with Crippen LogP contribution in [0.3, 0.4) is 0 Å². The minimum atomic E-state index is 0.333. The van der Waals surface area contributed by atoms with Crippen LogP contribution in [0.4, 0.5) is 0 Å². The Kier molecular flexibility index (Phi) is 7.01. The first-order chi connectivity index (χ1) is 7.74. The third-order valence-electron chi connectivity index (χ3n) is 3.71. The van der Waals surface area contributed by atoms with Crippen LogP contribution >= 0.6 is 0 Å². The topological polar surface area (TPSA) is 26.7 Å². The van der Waals surface area contributed by atoms with Crippen LogP contribution in [0.2, 0.25) is 0 Å². The van der Waals surface area contributed by atoms with Crippen LogP contribution < -0.4 is 0 Å². The first kappa shape index (κ1) is 13.9. The predicted molar refractivity (Wildman–Crippen MR) is 68.7 cm³/mol. The minimum Gasteiger partial charge on any atom is -0.396 e. The molecule has 0 aromatic carbocycles. The van der Waals surface area contributed by atoms with Crippen molar-refractivity contribution in [3.8, 4) is 0 Å². The van der Waals surface area contributed by atoms with E-state index in [1.54, 1.807) is 0 Å². The van der Waals surface area contributed by atoms with Gasteiger partial charge in [0.05, 0.1) is 0 Å². The van der Waals surface area contributed by atoms with Gasteiger partial charge in [0, 0.05) is 12.6 Å². The SMILES string of the molecule is CN(CCCCO)CCC1CCCCN1C. The maximum atomic E-state index is 8.72. The van der Waals surface area contributed by atoms with Gasteiger partial charge in [-0.1, -0.05) is 6.42 Å². The van der Waals surface area contributed by atoms with Crippen molar-refractivity contribution in [3.63, 3.8) is 0 Å². The Morgan fingerprint density at radius 3 is 2.75 bits per heavy atom. The molecule has 1 atom stereocenters. The zero-order valence-corrected chi connectivity index (χ0v) is 11.0. The number of hydrogen-bond acceptors (Lipinski definition) is 3. The summed E-state index contributed by atoms with van der Waals surface area (Å²) in [7, 11) is 4.45. The van der Waals surface area contributed by atoms with Crippen LogP contribution in [0, 0.1) is 0 Å². The average Bonchev–Trinajstić information content (AvgIpc) is 2.28. The lowest BCUT2D eigenvalue weighted by Crippen LogP contribution is -2.38. The van der Waals surface area contributed by atoms with Gasteiger partial charge in [-0.3, -0.25) is 0 Å². The van der Waals surface area contributed by atoms with E-state index in [1.165, 1.54) is 38.8 Å². The Hall–Kier alpha value is -0.120. The highest BCUT2D eigenvalue weighted by Crippen LogP contribution is 2.17. The number of aliphatic hydroxyl groups is 1. The van der Waals surface area contributed by atoms with Crippen molar-refractivity contribution in [1.29, 1.82) is 0 Å². The highest BCUT2D eigenvalue weighted by Gasteiger charge is 2.18. The van der Waals surface area contributed by atoms with Gasteiger partial charge in [-0.05, 0) is 65.8 Å². The molecule has 1 aliphatic rings. The van der Waals surface area contributed by atoms with E-state index in [-0.39, 0.29) is 0 Å². The number of rotatable bonds is 7. The molecule has 96 valence electrons. The molecule has 0 aromatic rings. The predicted octanol–water partition coefficient (Wildman–Crippen LogP) is 1.57. The molecule has 1 fully saturated rings. The molecule has 1 saturated heterocycles. The van der Waals surface area contributed by atoms with Gasteiger partial charge in [0.25, 0.3) is 0 Å². The van der Waals surface area contributed by atoms with Gasteiger partial charge in [-0.25, -0.2) is 0 Å². The highest BCUT2D eigenvalue weighted by molar-refractivity contribution is 4.75. The van der Waals surface area contributed by atoms with Crippen LogP contribution in [0.1, 0.15) is 38.5 Å². The van der Waals surface area contributed by atoms with Crippen molar-refractivity contribution in [2.24, 2.45) is 0 Å². The number of likely N-dealkylation sites (tertiary alicyclic amines) is 1. The molecule has 0 spiro atoms. The van der Waals surface area contributed by atoms with Gasteiger partial charge in [0.1, 0.15) is 0 Å². The van der Waals surface area contributed by atoms with Crippen LogP contribution in [-0.4, -0.2) is 61.3 Å². The molecular weight excluding hydrogens is 200 g/mol. The van der Waals surface area contributed by atoms with Gasteiger partial charge < -0.3 is 14.9 Å². The second-order valence-corrected chi connectivity index (χ2v) is 5.15. The van der Waals surface area contributed by atoms with Crippen LogP contribution in [0.15, 0.2) is 0 Å². The Balaban J connectivity index is 2.07. The van der Waals surface area contributed by atoms with Crippen molar-refractivity contribution in [2.75, 3.05) is 40.3 Å². The molecule has 0 amide bonds. The van der Waals surface area contributed by atoms with Crippen molar-refractivity contribution in [1.82, 2.24) is 9.80 Å². The van der Waals surface area contributed by atoms with Crippen LogP contribution in [0.5, 0.6) is 0 Å². The third kappa shape index (κ3) is 5.28. The summed E-state index contributed by atoms with van der Waals surface area (Å²) in [5.41, 5.74) is 0. The second kappa shape index (κ2) is 8.04. The molecule has 3 nitrogen and oxygen atoms in total. The summed E-state index contributed by atoms with van der Waals surface area (Å²) in [4.78, 5) is 4.92. The second-order valence-electron chi connectivity index (χ2n) is 5.15. The van der Waals surface area contributed by atoms with E-state index in [1.807, 2.05) is 0 Å². The zero-order chi connectivity index (χ0) is 11.8. The zero-order valence-electron chi connectivity index (χ0n) is 11.0. The van der Waals surface area contributed by atoms with E-state index < -0.39 is 0 Å². The molecule has 1 rings (SSSR count). The highest BCUT2D eigenvalue weighted by atomic mass is 16.2. The fraction of sp³-hybridized carbons (Fsp3) is 1.00. The number of aliphatic hydroxyl groups excluding tert-OH is 1. The number of unbranched alkanes of at least 4 members (excludes halogenated alkanes) is 1. The molecule has 1 N–H and O–H groups in total. The van der Waals surface area contributed by atoms with E-state index in [0.717, 1.165) is 25.4 Å². The average molecular weight is 228 g/mol. The van der Waals surface area contributed by atoms with E-state index in [4.69, 9.17) is 5.11 Å². The van der Waals surface area contributed by atoms with Gasteiger partial charge in [-0.15, -0.1) is 0 Å². The smallest absolute Gasteiger partial charge is 0.0431 e. The summed E-state index contributed by atoms with van der Waals surface area (Å²) in [5.74, 6) is 0. The molecule has 1 heterocycles. The fourth-order valence-electron chi connectivity index (χ4n) is 2.48. The standard InChI is InChI=1S/C13H28N2O/c1-14(9-5-6-12-16)11-8-13-7-3-4-10-15(13)2/h13,16H,3-12H2,1-2H3. The van der Waals surface area contributed by atoms with Crippen LogP contribution in [-0.2, 0) is 0 Å². The molecular formula is C13H28N2O. The maximum Gasteiger partial charge on any atom is 0.0431 e. The normalized spacial score (nSPS) is 22.9. The minimum absolute atomic E-state index is 0.333. The quantitative estimate of drug-likeness (QED) is 0.670. The summed E-state index contributed by atoms with van der Waals surface area (Å²) < 4.78 is 0. The molecule has 0 saturated carbocycles. The van der Waals surface area contributed by atoms with Gasteiger partial charge >= 0.3 is 0 Å². The maximum absolute atomic E-state index is 8.72. The lowest BCUT2D eigenvalue weighted by molar-refractivity contribution is 0.159. The Morgan fingerprint density at radius 2 is 2.06 bits per heavy atom. The van der Waals surface area contributed by atoms with Crippen molar-refractivity contribution in [2.45, 2.75) is 44.6 Å². The number of piperidine rings is 1. The monoisotopic (exact) mass is 228 g/mol. The van der Waals surface area contributed by atoms with Crippen LogP contribution in [0.25, 0.3) is 0 Å². The molecule has 0 radical (unpaired) electrons. The van der Waals surface area contributed by atoms with E-state index >= 15 is 0 Å². The number of nitrogens with zero attached hydrogens (tertiary/aromatic N) is 2. The summed E-state index contributed by atoms with van der Waals surface area (Å²) in [6, 6.07) is 0.800. The largest absolute Gasteiger partial charge is 0.396 e. The van der Waals surface area contributed by atoms with Crippen molar-refractivity contribution < 1.29 is 5.11 Å². The van der Waals surface area contributed by atoms with E-state index in [2.05, 4.69) is 23.9 Å². The number of hydrogen-bond donors (Lipinski definition) is 1. The van der Waals surface area contributed by atoms with Crippen molar-refractivity contribution in [3.05, 3.63) is 0 Å². The third-order valence-corrected chi connectivity index (χ3v) is 3.71. The summed E-state index contributed by atoms with van der Waals surface area (Å²) >= 11 is 0. The Morgan fingerprint density at radius 1 is 1.25 bits per heavy atom. The summed E-state index contributed by atoms with van der Waals surface area (Å²) in [6.07, 6.45) is 7.51. The van der Waals surface area contributed by atoms with E-state index in [0.29, 0.717) is 6.61 Å². The lowest BCUT2D eigenvalue weighted by atomic mass is 10.00. The molecule has 16 heavy (non-hydrogen) atoms. The molecule has 1 aliphatic heterocycles. The first-order valence-electron chi connectivity index (χ1n) is 6.73. The molecule has 3 heteroatoms.